The number of pyridine rings is 1. The summed E-state index contributed by atoms with van der Waals surface area (Å²) in [4.78, 5) is 31.5. The fourth-order valence-electron chi connectivity index (χ4n) is 5.67. The molecule has 268 valence electrons. The lowest BCUT2D eigenvalue weighted by atomic mass is 9.93. The van der Waals surface area contributed by atoms with E-state index in [1.165, 1.54) is 4.31 Å². The van der Waals surface area contributed by atoms with Crippen molar-refractivity contribution in [1.29, 1.82) is 0 Å². The number of amides is 1. The quantitative estimate of drug-likeness (QED) is 0.225. The summed E-state index contributed by atoms with van der Waals surface area (Å²) in [5.41, 5.74) is -5.32. The van der Waals surface area contributed by atoms with Gasteiger partial charge in [-0.25, -0.2) is 26.5 Å². The van der Waals surface area contributed by atoms with Crippen LogP contribution in [0.2, 0.25) is 0 Å². The van der Waals surface area contributed by atoms with Crippen LogP contribution in [0.25, 0.3) is 17.1 Å². The molecule has 2 aromatic carbocycles. The molecule has 0 radical (unpaired) electrons. The highest BCUT2D eigenvalue weighted by Gasteiger charge is 2.38. The van der Waals surface area contributed by atoms with Crippen LogP contribution >= 0.6 is 0 Å². The van der Waals surface area contributed by atoms with Crippen LogP contribution in [-0.2, 0) is 23.2 Å². The molecule has 50 heavy (non-hydrogen) atoms. The molecule has 1 aliphatic rings. The second-order valence-corrected chi connectivity index (χ2v) is 13.2. The molecule has 0 saturated carbocycles. The number of sulfonamides is 1. The Balaban J connectivity index is 1.69. The van der Waals surface area contributed by atoms with Gasteiger partial charge in [0, 0.05) is 49.4 Å². The fourth-order valence-corrected chi connectivity index (χ4v) is 6.54. The molecule has 0 aliphatic carbocycles. The molecule has 5 rings (SSSR count). The Morgan fingerprint density at radius 2 is 1.60 bits per heavy atom. The monoisotopic (exact) mass is 731 g/mol. The molecule has 1 amide bonds. The molecule has 4 aromatic rings. The van der Waals surface area contributed by atoms with Crippen LogP contribution in [0.4, 0.5) is 36.4 Å². The van der Waals surface area contributed by atoms with E-state index in [0.29, 0.717) is 15.4 Å². The van der Waals surface area contributed by atoms with Gasteiger partial charge in [-0.15, -0.1) is 0 Å². The molecular formula is C31H28F7N5O6S. The number of aromatic nitrogens is 3. The number of alkyl halides is 5. The first-order chi connectivity index (χ1) is 23.4. The molecule has 1 fully saturated rings. The highest BCUT2D eigenvalue weighted by atomic mass is 32.2. The number of ether oxygens (including phenoxy) is 2. The molecule has 0 unspecified atom stereocenters. The van der Waals surface area contributed by atoms with Gasteiger partial charge in [-0.1, -0.05) is 0 Å². The van der Waals surface area contributed by atoms with Crippen molar-refractivity contribution in [1.82, 2.24) is 18.7 Å². The van der Waals surface area contributed by atoms with Crippen molar-refractivity contribution >= 4 is 21.6 Å². The van der Waals surface area contributed by atoms with Crippen molar-refractivity contribution in [2.75, 3.05) is 31.8 Å². The van der Waals surface area contributed by atoms with E-state index in [1.807, 2.05) is 0 Å². The van der Waals surface area contributed by atoms with Gasteiger partial charge in [0.15, 0.2) is 5.82 Å². The summed E-state index contributed by atoms with van der Waals surface area (Å²) in [6.07, 6.45) is -3.67. The zero-order valence-corrected chi connectivity index (χ0v) is 27.2. The van der Waals surface area contributed by atoms with E-state index in [0.717, 1.165) is 62.9 Å². The Hall–Kier alpha value is -4.91. The maximum Gasteiger partial charge on any atom is 0.420 e. The molecule has 0 spiro atoms. The number of halogens is 7. The van der Waals surface area contributed by atoms with Crippen LogP contribution in [0.5, 0.6) is 11.5 Å². The SMILES string of the molecule is COc1cc(F)c(-c2c(NC(=O)c3ccc(OC(F)F)cc3)c(=O)n(-c3nc(C4CCN(S(C)(=O)=O)CC4)ccc3C(F)(F)F)n2C)c(F)c1. The highest BCUT2D eigenvalue weighted by Crippen LogP contribution is 2.38. The number of methoxy groups -OCH3 is 1. The highest BCUT2D eigenvalue weighted by molar-refractivity contribution is 7.88. The summed E-state index contributed by atoms with van der Waals surface area (Å²) in [5, 5.41) is 2.20. The third-order valence-electron chi connectivity index (χ3n) is 8.08. The minimum absolute atomic E-state index is 0.0667. The van der Waals surface area contributed by atoms with Gasteiger partial charge in [0.05, 0.1) is 18.9 Å². The first-order valence-corrected chi connectivity index (χ1v) is 16.5. The molecule has 0 atom stereocenters. The number of carbonyl (C=O) groups excluding carboxylic acids is 1. The molecule has 1 aliphatic heterocycles. The third kappa shape index (κ3) is 7.32. The van der Waals surface area contributed by atoms with Gasteiger partial charge < -0.3 is 14.8 Å². The van der Waals surface area contributed by atoms with Crippen LogP contribution < -0.4 is 20.3 Å². The number of benzene rings is 2. The number of anilines is 1. The standard InChI is InChI=1S/C31H28F7N5O6S/c1-41-26(24-21(32)14-19(48-2)15-22(24)33)25(40-28(44)17-4-6-18(7-5-17)49-30(34)35)29(45)43(41)27-20(31(36,37)38)8-9-23(39-27)16-10-12-42(13-11-16)50(3,46)47/h4-9,14-16,30H,10-13H2,1-3H3,(H,40,44). The fraction of sp³-hybridized carbons (Fsp3) is 0.323. The van der Waals surface area contributed by atoms with E-state index in [-0.39, 0.29) is 48.7 Å². The average molecular weight is 732 g/mol. The summed E-state index contributed by atoms with van der Waals surface area (Å²) in [5.74, 6) is -5.75. The van der Waals surface area contributed by atoms with Gasteiger partial charge in [0.2, 0.25) is 10.0 Å². The topological polar surface area (TPSA) is 125 Å². The van der Waals surface area contributed by atoms with Gasteiger partial charge in [0.1, 0.15) is 40.1 Å². The second kappa shape index (κ2) is 13.8. The lowest BCUT2D eigenvalue weighted by Crippen LogP contribution is -2.37. The van der Waals surface area contributed by atoms with Crippen molar-refractivity contribution in [2.24, 2.45) is 7.05 Å². The normalized spacial score (nSPS) is 14.6. The largest absolute Gasteiger partial charge is 0.497 e. The first kappa shape index (κ1) is 36.4. The number of piperidine rings is 1. The number of nitrogens with one attached hydrogen (secondary N) is 1. The Kier molecular flexibility index (Phi) is 10.0. The van der Waals surface area contributed by atoms with E-state index in [4.69, 9.17) is 4.74 Å². The molecule has 0 bridgehead atoms. The summed E-state index contributed by atoms with van der Waals surface area (Å²) in [7, 11) is -1.36. The number of hydrogen-bond donors (Lipinski definition) is 1. The number of hydrogen-bond acceptors (Lipinski definition) is 7. The van der Waals surface area contributed by atoms with Crippen LogP contribution in [0.3, 0.4) is 0 Å². The first-order valence-electron chi connectivity index (χ1n) is 14.7. The Morgan fingerprint density at radius 1 is 1.00 bits per heavy atom. The summed E-state index contributed by atoms with van der Waals surface area (Å²) in [6.45, 7) is -3.03. The van der Waals surface area contributed by atoms with Crippen molar-refractivity contribution in [2.45, 2.75) is 31.5 Å². The van der Waals surface area contributed by atoms with E-state index >= 15 is 8.78 Å². The Labute approximate surface area is 279 Å². The van der Waals surface area contributed by atoms with Crippen LogP contribution in [0.1, 0.15) is 40.4 Å². The van der Waals surface area contributed by atoms with Crippen LogP contribution in [0.15, 0.2) is 53.3 Å². The summed E-state index contributed by atoms with van der Waals surface area (Å²) < 4.78 is 135. The molecular weight excluding hydrogens is 703 g/mol. The van der Waals surface area contributed by atoms with Crippen molar-refractivity contribution in [3.8, 4) is 28.6 Å². The zero-order valence-electron chi connectivity index (χ0n) is 26.4. The maximum atomic E-state index is 15.5. The van der Waals surface area contributed by atoms with E-state index in [9.17, 15) is 40.0 Å². The molecule has 1 saturated heterocycles. The minimum atomic E-state index is -5.09. The van der Waals surface area contributed by atoms with E-state index in [2.05, 4.69) is 15.0 Å². The number of rotatable bonds is 9. The molecule has 3 heterocycles. The predicted molar refractivity (Wildman–Crippen MR) is 165 cm³/mol. The van der Waals surface area contributed by atoms with Crippen LogP contribution in [-0.4, -0.2) is 66.0 Å². The smallest absolute Gasteiger partial charge is 0.420 e. The Bertz CT molecular complexity index is 2070. The van der Waals surface area contributed by atoms with Crippen molar-refractivity contribution in [3.05, 3.63) is 87.3 Å². The minimum Gasteiger partial charge on any atom is -0.497 e. The third-order valence-corrected chi connectivity index (χ3v) is 9.38. The number of carbonyl (C=O) groups is 1. The van der Waals surface area contributed by atoms with Crippen molar-refractivity contribution in [3.63, 3.8) is 0 Å². The molecule has 19 heteroatoms. The molecule has 11 nitrogen and oxygen atoms in total. The van der Waals surface area contributed by atoms with Gasteiger partial charge in [0.25, 0.3) is 11.5 Å². The predicted octanol–water partition coefficient (Wildman–Crippen LogP) is 5.54. The van der Waals surface area contributed by atoms with E-state index < -0.39 is 80.2 Å². The van der Waals surface area contributed by atoms with Gasteiger partial charge in [-0.3, -0.25) is 14.3 Å². The van der Waals surface area contributed by atoms with Gasteiger partial charge >= 0.3 is 12.8 Å². The average Bonchev–Trinajstić information content (AvgIpc) is 3.27. The summed E-state index contributed by atoms with van der Waals surface area (Å²) in [6, 6.07) is 7.44. The lowest BCUT2D eigenvalue weighted by molar-refractivity contribution is -0.137. The molecule has 2 aromatic heterocycles. The zero-order chi connectivity index (χ0) is 36.7. The van der Waals surface area contributed by atoms with Gasteiger partial charge in [-0.05, 0) is 49.2 Å². The van der Waals surface area contributed by atoms with Gasteiger partial charge in [-0.2, -0.15) is 26.6 Å². The van der Waals surface area contributed by atoms with Crippen molar-refractivity contribution < 1.29 is 53.4 Å². The summed E-state index contributed by atoms with van der Waals surface area (Å²) >= 11 is 0. The van der Waals surface area contributed by atoms with Crippen LogP contribution in [0, 0.1) is 11.6 Å². The van der Waals surface area contributed by atoms with E-state index in [1.54, 1.807) is 0 Å². The maximum absolute atomic E-state index is 15.5. The molecule has 1 N–H and O–H groups in total. The second-order valence-electron chi connectivity index (χ2n) is 11.2. The Morgan fingerprint density at radius 3 is 2.12 bits per heavy atom. The lowest BCUT2D eigenvalue weighted by Gasteiger charge is -2.30. The number of nitrogens with zero attached hydrogens (tertiary/aromatic N) is 4.